The van der Waals surface area contributed by atoms with E-state index in [2.05, 4.69) is 10.6 Å². The van der Waals surface area contributed by atoms with Crippen LogP contribution in [0.2, 0.25) is 0 Å². The maximum absolute atomic E-state index is 6.99. The van der Waals surface area contributed by atoms with Crippen molar-refractivity contribution >= 4 is 36.7 Å². The van der Waals surface area contributed by atoms with Gasteiger partial charge in [0.2, 0.25) is 0 Å². The van der Waals surface area contributed by atoms with E-state index in [1.165, 1.54) is 38.5 Å². The van der Waals surface area contributed by atoms with Crippen LogP contribution in [0.3, 0.4) is 0 Å². The minimum atomic E-state index is 0. The number of guanidine groups is 2. The summed E-state index contributed by atoms with van der Waals surface area (Å²) in [5.41, 5.74) is 10.4. The highest BCUT2D eigenvalue weighted by atomic mass is 35.5. The SMILES string of the molecule is Cl.Cl.N=C(N)NCCCCCCCCCCNC(=N)N. The maximum atomic E-state index is 6.99. The number of nitrogens with two attached hydrogens (primary N) is 2. The van der Waals surface area contributed by atoms with Gasteiger partial charge >= 0.3 is 0 Å². The predicted octanol–water partition coefficient (Wildman–Crippen LogP) is 1.92. The zero-order valence-corrected chi connectivity index (χ0v) is 13.7. The van der Waals surface area contributed by atoms with Crippen molar-refractivity contribution in [3.63, 3.8) is 0 Å². The Labute approximate surface area is 134 Å². The van der Waals surface area contributed by atoms with Crippen LogP contribution in [0.5, 0.6) is 0 Å². The van der Waals surface area contributed by atoms with Crippen molar-refractivity contribution in [1.29, 1.82) is 10.8 Å². The minimum absolute atomic E-state index is 0. The summed E-state index contributed by atoms with van der Waals surface area (Å²) in [5, 5.41) is 19.6. The first-order chi connectivity index (χ1) is 8.63. The summed E-state index contributed by atoms with van der Waals surface area (Å²) < 4.78 is 0. The zero-order chi connectivity index (χ0) is 13.6. The molecule has 0 rings (SSSR count). The molecule has 0 saturated carbocycles. The molecule has 0 bridgehead atoms. The first-order valence-corrected chi connectivity index (χ1v) is 6.78. The van der Waals surface area contributed by atoms with Crippen molar-refractivity contribution < 1.29 is 0 Å². The molecule has 0 aromatic carbocycles. The van der Waals surface area contributed by atoms with E-state index < -0.39 is 0 Å². The van der Waals surface area contributed by atoms with Gasteiger partial charge < -0.3 is 22.1 Å². The monoisotopic (exact) mass is 328 g/mol. The van der Waals surface area contributed by atoms with Gasteiger partial charge in [-0.3, -0.25) is 10.8 Å². The fourth-order valence-corrected chi connectivity index (χ4v) is 1.76. The Morgan fingerprint density at radius 2 is 0.850 bits per heavy atom. The van der Waals surface area contributed by atoms with Gasteiger partial charge in [-0.15, -0.1) is 24.8 Å². The van der Waals surface area contributed by atoms with Crippen LogP contribution in [-0.2, 0) is 0 Å². The quantitative estimate of drug-likeness (QED) is 0.197. The Kier molecular flexibility index (Phi) is 21.9. The average molecular weight is 329 g/mol. The van der Waals surface area contributed by atoms with Gasteiger partial charge in [0.15, 0.2) is 11.9 Å². The third-order valence-corrected chi connectivity index (χ3v) is 2.73. The highest BCUT2D eigenvalue weighted by Crippen LogP contribution is 2.07. The normalized spacial score (nSPS) is 9.00. The van der Waals surface area contributed by atoms with Gasteiger partial charge in [-0.1, -0.05) is 38.5 Å². The Hall–Kier alpha value is -0.880. The van der Waals surface area contributed by atoms with Crippen molar-refractivity contribution in [2.75, 3.05) is 13.1 Å². The van der Waals surface area contributed by atoms with Crippen molar-refractivity contribution in [2.24, 2.45) is 11.5 Å². The molecular formula is C12H30Cl2N6. The zero-order valence-electron chi connectivity index (χ0n) is 12.0. The van der Waals surface area contributed by atoms with Gasteiger partial charge in [-0.05, 0) is 12.8 Å². The van der Waals surface area contributed by atoms with E-state index in [0.717, 1.165) is 25.9 Å². The summed E-state index contributed by atoms with van der Waals surface area (Å²) in [6.07, 6.45) is 9.64. The Morgan fingerprint density at radius 3 is 1.10 bits per heavy atom. The van der Waals surface area contributed by atoms with E-state index >= 15 is 0 Å². The summed E-state index contributed by atoms with van der Waals surface area (Å²) in [7, 11) is 0. The van der Waals surface area contributed by atoms with E-state index in [4.69, 9.17) is 22.3 Å². The molecular weight excluding hydrogens is 299 g/mol. The largest absolute Gasteiger partial charge is 0.370 e. The molecule has 122 valence electrons. The Bertz CT molecular complexity index is 214. The van der Waals surface area contributed by atoms with Crippen LogP contribution in [-0.4, -0.2) is 25.0 Å². The van der Waals surface area contributed by atoms with Gasteiger partial charge in [0.05, 0.1) is 0 Å². The van der Waals surface area contributed by atoms with E-state index in [-0.39, 0.29) is 36.7 Å². The van der Waals surface area contributed by atoms with Crippen LogP contribution < -0.4 is 22.1 Å². The van der Waals surface area contributed by atoms with Gasteiger partial charge in [-0.25, -0.2) is 0 Å². The van der Waals surface area contributed by atoms with Crippen molar-refractivity contribution in [3.8, 4) is 0 Å². The number of rotatable bonds is 11. The van der Waals surface area contributed by atoms with Crippen molar-refractivity contribution in [2.45, 2.75) is 51.4 Å². The first-order valence-electron chi connectivity index (χ1n) is 6.78. The molecule has 0 unspecified atom stereocenters. The van der Waals surface area contributed by atoms with Crippen LogP contribution in [0.1, 0.15) is 51.4 Å². The lowest BCUT2D eigenvalue weighted by Gasteiger charge is -2.04. The number of hydrogen-bond acceptors (Lipinski definition) is 2. The smallest absolute Gasteiger partial charge is 0.185 e. The van der Waals surface area contributed by atoms with Crippen molar-refractivity contribution in [1.82, 2.24) is 10.6 Å². The summed E-state index contributed by atoms with van der Waals surface area (Å²) in [6, 6.07) is 0. The van der Waals surface area contributed by atoms with Crippen LogP contribution in [0.15, 0.2) is 0 Å². The maximum Gasteiger partial charge on any atom is 0.185 e. The lowest BCUT2D eigenvalue weighted by molar-refractivity contribution is 0.563. The van der Waals surface area contributed by atoms with E-state index in [1.807, 2.05) is 0 Å². The standard InChI is InChI=1S/C12H28N6.2ClH/c13-11(14)17-9-7-5-3-1-2-4-6-8-10-18-12(15)16;;/h1-10H2,(H4,13,14,17)(H4,15,16,18);2*1H. The molecule has 20 heavy (non-hydrogen) atoms. The molecule has 0 aliphatic carbocycles. The predicted molar refractivity (Wildman–Crippen MR) is 91.3 cm³/mol. The molecule has 0 aromatic rings. The molecule has 8 heteroatoms. The topological polar surface area (TPSA) is 124 Å². The van der Waals surface area contributed by atoms with Crippen LogP contribution in [0.4, 0.5) is 0 Å². The summed E-state index contributed by atoms with van der Waals surface area (Å²) in [5.74, 6) is 0.128. The summed E-state index contributed by atoms with van der Waals surface area (Å²) >= 11 is 0. The third kappa shape index (κ3) is 22.3. The summed E-state index contributed by atoms with van der Waals surface area (Å²) in [6.45, 7) is 1.62. The minimum Gasteiger partial charge on any atom is -0.370 e. The molecule has 0 atom stereocenters. The number of halogens is 2. The summed E-state index contributed by atoms with van der Waals surface area (Å²) in [4.78, 5) is 0. The molecule has 6 nitrogen and oxygen atoms in total. The number of unbranched alkanes of at least 4 members (excludes halogenated alkanes) is 7. The van der Waals surface area contributed by atoms with Crippen LogP contribution in [0.25, 0.3) is 0 Å². The Morgan fingerprint density at radius 1 is 0.600 bits per heavy atom. The molecule has 0 aromatic heterocycles. The molecule has 0 spiro atoms. The molecule has 0 aliphatic rings. The second kappa shape index (κ2) is 18.1. The lowest BCUT2D eigenvalue weighted by Crippen LogP contribution is -2.30. The van der Waals surface area contributed by atoms with Gasteiger partial charge in [-0.2, -0.15) is 0 Å². The molecule has 0 aliphatic heterocycles. The highest BCUT2D eigenvalue weighted by Gasteiger charge is 1.93. The van der Waals surface area contributed by atoms with Crippen LogP contribution in [0, 0.1) is 10.8 Å². The molecule has 0 heterocycles. The highest BCUT2D eigenvalue weighted by molar-refractivity contribution is 5.85. The fraction of sp³-hybridized carbons (Fsp3) is 0.833. The third-order valence-electron chi connectivity index (χ3n) is 2.73. The Balaban J connectivity index is -0.00000144. The van der Waals surface area contributed by atoms with Crippen LogP contribution >= 0.6 is 24.8 Å². The van der Waals surface area contributed by atoms with Gasteiger partial charge in [0, 0.05) is 13.1 Å². The number of hydrogen-bond donors (Lipinski definition) is 6. The molecule has 0 saturated heterocycles. The first kappa shape index (κ1) is 24.2. The molecule has 8 N–H and O–H groups in total. The molecule has 0 fully saturated rings. The molecule has 0 amide bonds. The van der Waals surface area contributed by atoms with E-state index in [9.17, 15) is 0 Å². The van der Waals surface area contributed by atoms with E-state index in [0.29, 0.717) is 0 Å². The average Bonchev–Trinajstić information content (AvgIpc) is 2.29. The van der Waals surface area contributed by atoms with Crippen molar-refractivity contribution in [3.05, 3.63) is 0 Å². The van der Waals surface area contributed by atoms with E-state index in [1.54, 1.807) is 0 Å². The second-order valence-electron chi connectivity index (χ2n) is 4.51. The van der Waals surface area contributed by atoms with Gasteiger partial charge in [0.1, 0.15) is 0 Å². The lowest BCUT2D eigenvalue weighted by atomic mass is 10.1. The molecule has 0 radical (unpaired) electrons. The fourth-order valence-electron chi connectivity index (χ4n) is 1.76. The van der Waals surface area contributed by atoms with Gasteiger partial charge in [0.25, 0.3) is 0 Å². The second-order valence-corrected chi connectivity index (χ2v) is 4.51. The number of nitrogens with one attached hydrogen (secondary N) is 4.